The summed E-state index contributed by atoms with van der Waals surface area (Å²) in [6.45, 7) is 4.50. The number of alkyl halides is 3. The number of carbonyl (C=O) groups excluding carboxylic acids is 1. The predicted octanol–water partition coefficient (Wildman–Crippen LogP) is 3.06. The summed E-state index contributed by atoms with van der Waals surface area (Å²) < 4.78 is 39.2. The molecule has 1 aliphatic rings. The summed E-state index contributed by atoms with van der Waals surface area (Å²) in [5.74, 6) is 0.435. The Morgan fingerprint density at radius 1 is 1.21 bits per heavy atom. The largest absolute Gasteiger partial charge is 0.416 e. The van der Waals surface area contributed by atoms with Gasteiger partial charge in [0.05, 0.1) is 11.0 Å². The number of guanidine groups is 1. The zero-order valence-corrected chi connectivity index (χ0v) is 16.8. The fourth-order valence-corrected chi connectivity index (χ4v) is 3.39. The van der Waals surface area contributed by atoms with E-state index in [1.54, 1.807) is 20.2 Å². The molecule has 1 saturated carbocycles. The quantitative estimate of drug-likeness (QED) is 0.510. The van der Waals surface area contributed by atoms with Crippen molar-refractivity contribution in [3.63, 3.8) is 0 Å². The van der Waals surface area contributed by atoms with Crippen LogP contribution in [0.2, 0.25) is 0 Å². The zero-order valence-electron chi connectivity index (χ0n) is 16.8. The second kappa shape index (κ2) is 8.41. The van der Waals surface area contributed by atoms with Crippen LogP contribution < -0.4 is 16.0 Å². The van der Waals surface area contributed by atoms with Gasteiger partial charge in [0, 0.05) is 32.6 Å². The first-order chi connectivity index (χ1) is 13.0. The van der Waals surface area contributed by atoms with Gasteiger partial charge < -0.3 is 16.0 Å². The molecule has 1 fully saturated rings. The summed E-state index contributed by atoms with van der Waals surface area (Å²) in [5, 5.41) is 8.98. The summed E-state index contributed by atoms with van der Waals surface area (Å²) in [5.41, 5.74) is -0.884. The molecule has 1 amide bonds. The number of rotatable bonds is 6. The summed E-state index contributed by atoms with van der Waals surface area (Å²) >= 11 is 0. The first-order valence-electron chi connectivity index (χ1n) is 9.38. The van der Waals surface area contributed by atoms with Gasteiger partial charge in [0.2, 0.25) is 5.91 Å². The molecule has 1 aromatic rings. The molecule has 8 heteroatoms. The maximum atomic E-state index is 13.1. The van der Waals surface area contributed by atoms with Gasteiger partial charge in [0.25, 0.3) is 0 Å². The molecule has 5 nitrogen and oxygen atoms in total. The van der Waals surface area contributed by atoms with Gasteiger partial charge >= 0.3 is 6.18 Å². The summed E-state index contributed by atoms with van der Waals surface area (Å²) in [6.07, 6.45) is -1.73. The first kappa shape index (κ1) is 22.0. The van der Waals surface area contributed by atoms with Crippen LogP contribution in [0.3, 0.4) is 0 Å². The monoisotopic (exact) mass is 398 g/mol. The second-order valence-electron chi connectivity index (χ2n) is 7.95. The fraction of sp³-hybridized carbons (Fsp3) is 0.600. The van der Waals surface area contributed by atoms with Gasteiger partial charge in [-0.3, -0.25) is 9.79 Å². The van der Waals surface area contributed by atoms with E-state index in [9.17, 15) is 18.0 Å². The standard InChI is InChI=1S/C20H29F3N4O/c1-18(2,16(28)24-3)12-26-17(25-4)27-13-19(9-6-10-19)14-7-5-8-15(11-14)20(21,22)23/h5,7-8,11H,6,9-10,12-13H2,1-4H3,(H,24,28)(H2,25,26,27). The predicted molar refractivity (Wildman–Crippen MR) is 104 cm³/mol. The van der Waals surface area contributed by atoms with Crippen LogP contribution in [0.5, 0.6) is 0 Å². The number of hydrogen-bond acceptors (Lipinski definition) is 2. The Balaban J connectivity index is 2.05. The highest BCUT2D eigenvalue weighted by Crippen LogP contribution is 2.44. The van der Waals surface area contributed by atoms with Gasteiger partial charge in [0.1, 0.15) is 0 Å². The lowest BCUT2D eigenvalue weighted by Gasteiger charge is -2.43. The molecule has 156 valence electrons. The van der Waals surface area contributed by atoms with Crippen molar-refractivity contribution in [2.75, 3.05) is 27.2 Å². The normalized spacial score (nSPS) is 16.9. The van der Waals surface area contributed by atoms with Crippen molar-refractivity contribution >= 4 is 11.9 Å². The van der Waals surface area contributed by atoms with E-state index in [-0.39, 0.29) is 11.3 Å². The van der Waals surface area contributed by atoms with E-state index in [2.05, 4.69) is 20.9 Å². The zero-order chi connectivity index (χ0) is 21.0. The number of amides is 1. The summed E-state index contributed by atoms with van der Waals surface area (Å²) in [7, 11) is 3.21. The van der Waals surface area contributed by atoms with Gasteiger partial charge in [-0.15, -0.1) is 0 Å². The molecule has 0 aromatic heterocycles. The number of nitrogens with zero attached hydrogens (tertiary/aromatic N) is 1. The van der Waals surface area contributed by atoms with Gasteiger partial charge in [-0.1, -0.05) is 24.6 Å². The number of aliphatic imine (C=N–C) groups is 1. The third kappa shape index (κ3) is 4.97. The Bertz CT molecular complexity index is 724. The molecular weight excluding hydrogens is 369 g/mol. The Kier molecular flexibility index (Phi) is 6.62. The van der Waals surface area contributed by atoms with E-state index >= 15 is 0 Å². The molecule has 0 radical (unpaired) electrons. The minimum Gasteiger partial charge on any atom is -0.359 e. The number of halogens is 3. The Hall–Kier alpha value is -2.25. The van der Waals surface area contributed by atoms with E-state index in [0.29, 0.717) is 24.6 Å². The third-order valence-corrected chi connectivity index (χ3v) is 5.47. The van der Waals surface area contributed by atoms with Crippen LogP contribution in [-0.4, -0.2) is 39.1 Å². The maximum Gasteiger partial charge on any atom is 0.416 e. The molecular formula is C20H29F3N4O. The molecule has 0 heterocycles. The summed E-state index contributed by atoms with van der Waals surface area (Å²) in [4.78, 5) is 16.1. The maximum absolute atomic E-state index is 13.1. The van der Waals surface area contributed by atoms with E-state index < -0.39 is 17.2 Å². The van der Waals surface area contributed by atoms with Crippen molar-refractivity contribution in [3.8, 4) is 0 Å². The molecule has 0 spiro atoms. The van der Waals surface area contributed by atoms with Gasteiger partial charge in [0.15, 0.2) is 5.96 Å². The van der Waals surface area contributed by atoms with E-state index in [1.807, 2.05) is 13.8 Å². The van der Waals surface area contributed by atoms with E-state index in [0.717, 1.165) is 25.3 Å². The molecule has 0 atom stereocenters. The van der Waals surface area contributed by atoms with Gasteiger partial charge in [-0.25, -0.2) is 0 Å². The lowest BCUT2D eigenvalue weighted by Crippen LogP contribution is -2.51. The molecule has 1 aliphatic carbocycles. The van der Waals surface area contributed by atoms with Crippen LogP contribution in [0, 0.1) is 5.41 Å². The van der Waals surface area contributed by atoms with Crippen molar-refractivity contribution in [2.45, 2.75) is 44.7 Å². The average Bonchev–Trinajstić information content (AvgIpc) is 2.62. The lowest BCUT2D eigenvalue weighted by molar-refractivity contribution is -0.137. The molecule has 1 aromatic carbocycles. The van der Waals surface area contributed by atoms with Crippen LogP contribution in [0.15, 0.2) is 29.3 Å². The minimum absolute atomic E-state index is 0.0881. The van der Waals surface area contributed by atoms with Gasteiger partial charge in [-0.05, 0) is 38.3 Å². The van der Waals surface area contributed by atoms with Crippen LogP contribution in [0.25, 0.3) is 0 Å². The fourth-order valence-electron chi connectivity index (χ4n) is 3.39. The first-order valence-corrected chi connectivity index (χ1v) is 9.38. The Labute approximate surface area is 164 Å². The molecule has 28 heavy (non-hydrogen) atoms. The van der Waals surface area contributed by atoms with E-state index in [1.165, 1.54) is 12.1 Å². The van der Waals surface area contributed by atoms with Crippen LogP contribution in [0.1, 0.15) is 44.2 Å². The highest BCUT2D eigenvalue weighted by atomic mass is 19.4. The average molecular weight is 398 g/mol. The Morgan fingerprint density at radius 3 is 2.39 bits per heavy atom. The molecule has 3 N–H and O–H groups in total. The van der Waals surface area contributed by atoms with Crippen molar-refractivity contribution in [1.29, 1.82) is 0 Å². The van der Waals surface area contributed by atoms with Gasteiger partial charge in [-0.2, -0.15) is 13.2 Å². The van der Waals surface area contributed by atoms with Crippen molar-refractivity contribution in [1.82, 2.24) is 16.0 Å². The molecule has 2 rings (SSSR count). The van der Waals surface area contributed by atoms with Crippen molar-refractivity contribution < 1.29 is 18.0 Å². The number of nitrogens with one attached hydrogen (secondary N) is 3. The number of benzene rings is 1. The minimum atomic E-state index is -4.35. The molecule has 0 aliphatic heterocycles. The lowest BCUT2D eigenvalue weighted by atomic mass is 9.64. The highest BCUT2D eigenvalue weighted by Gasteiger charge is 2.40. The second-order valence-corrected chi connectivity index (χ2v) is 7.95. The van der Waals surface area contributed by atoms with Crippen molar-refractivity contribution in [2.24, 2.45) is 10.4 Å². The SMILES string of the molecule is CN=C(NCC(C)(C)C(=O)NC)NCC1(c2cccc(C(F)(F)F)c2)CCC1. The topological polar surface area (TPSA) is 65.5 Å². The summed E-state index contributed by atoms with van der Waals surface area (Å²) in [6, 6.07) is 5.59. The van der Waals surface area contributed by atoms with Crippen LogP contribution in [-0.2, 0) is 16.4 Å². The van der Waals surface area contributed by atoms with E-state index in [4.69, 9.17) is 0 Å². The third-order valence-electron chi connectivity index (χ3n) is 5.47. The molecule has 0 unspecified atom stereocenters. The number of hydrogen-bond donors (Lipinski definition) is 3. The highest BCUT2D eigenvalue weighted by molar-refractivity contribution is 5.84. The Morgan fingerprint density at radius 2 is 1.89 bits per heavy atom. The van der Waals surface area contributed by atoms with Crippen LogP contribution >= 0.6 is 0 Å². The van der Waals surface area contributed by atoms with Crippen molar-refractivity contribution in [3.05, 3.63) is 35.4 Å². The molecule has 0 saturated heterocycles. The number of carbonyl (C=O) groups is 1. The smallest absolute Gasteiger partial charge is 0.359 e. The van der Waals surface area contributed by atoms with Crippen LogP contribution in [0.4, 0.5) is 13.2 Å². The molecule has 0 bridgehead atoms.